The third-order valence-electron chi connectivity index (χ3n) is 4.01. The summed E-state index contributed by atoms with van der Waals surface area (Å²) in [4.78, 5) is 12.0. The van der Waals surface area contributed by atoms with Crippen molar-refractivity contribution in [3.8, 4) is 0 Å². The van der Waals surface area contributed by atoms with E-state index in [2.05, 4.69) is 29.6 Å². The zero-order valence-electron chi connectivity index (χ0n) is 12.1. The molecule has 106 valence electrons. The monoisotopic (exact) mass is 264 g/mol. The van der Waals surface area contributed by atoms with E-state index in [0.717, 1.165) is 31.0 Å². The molecule has 2 rings (SSSR count). The number of amides is 2. The smallest absolute Gasteiger partial charge is 0.319 e. The fraction of sp³-hybridized carbons (Fsp3) is 0.714. The molecule has 5 heteroatoms. The van der Waals surface area contributed by atoms with Gasteiger partial charge in [-0.25, -0.2) is 4.79 Å². The number of nitrogens with zero attached hydrogens (tertiary/aromatic N) is 2. The van der Waals surface area contributed by atoms with Crippen molar-refractivity contribution < 1.29 is 4.79 Å². The SMILES string of the molecule is CCn1cc(NC(=O)NC2(C)CCC(C)CC2)cn1. The average Bonchev–Trinajstić information content (AvgIpc) is 2.80. The normalized spacial score (nSPS) is 27.0. The van der Waals surface area contributed by atoms with Crippen molar-refractivity contribution in [3.63, 3.8) is 0 Å². The van der Waals surface area contributed by atoms with E-state index in [9.17, 15) is 4.79 Å². The molecule has 19 heavy (non-hydrogen) atoms. The Labute approximate surface area is 114 Å². The zero-order chi connectivity index (χ0) is 13.9. The highest BCUT2D eigenvalue weighted by atomic mass is 16.2. The van der Waals surface area contributed by atoms with Crippen LogP contribution in [0.1, 0.15) is 46.5 Å². The molecule has 0 aliphatic heterocycles. The Morgan fingerprint density at radius 3 is 2.79 bits per heavy atom. The minimum atomic E-state index is -0.132. The molecule has 0 bridgehead atoms. The molecule has 5 nitrogen and oxygen atoms in total. The first-order valence-electron chi connectivity index (χ1n) is 7.12. The molecule has 2 N–H and O–H groups in total. The van der Waals surface area contributed by atoms with Gasteiger partial charge in [-0.15, -0.1) is 0 Å². The Morgan fingerprint density at radius 1 is 1.53 bits per heavy atom. The summed E-state index contributed by atoms with van der Waals surface area (Å²) in [6, 6.07) is -0.132. The lowest BCUT2D eigenvalue weighted by molar-refractivity contribution is 0.204. The number of nitrogens with one attached hydrogen (secondary N) is 2. The van der Waals surface area contributed by atoms with Crippen molar-refractivity contribution in [2.45, 2.75) is 58.5 Å². The van der Waals surface area contributed by atoms with Crippen molar-refractivity contribution in [2.24, 2.45) is 5.92 Å². The molecule has 1 aliphatic carbocycles. The number of aromatic nitrogens is 2. The molecule has 0 atom stereocenters. The summed E-state index contributed by atoms with van der Waals surface area (Å²) in [6.07, 6.45) is 7.99. The molecule has 1 fully saturated rings. The molecular formula is C14H24N4O. The Balaban J connectivity index is 1.87. The highest BCUT2D eigenvalue weighted by Gasteiger charge is 2.30. The summed E-state index contributed by atoms with van der Waals surface area (Å²) in [6.45, 7) is 7.23. The first kappa shape index (κ1) is 13.9. The summed E-state index contributed by atoms with van der Waals surface area (Å²) in [5.74, 6) is 0.778. The number of urea groups is 1. The van der Waals surface area contributed by atoms with Crippen molar-refractivity contribution in [1.29, 1.82) is 0 Å². The van der Waals surface area contributed by atoms with Gasteiger partial charge in [0.15, 0.2) is 0 Å². The zero-order valence-corrected chi connectivity index (χ0v) is 12.1. The van der Waals surface area contributed by atoms with Gasteiger partial charge in [-0.1, -0.05) is 6.92 Å². The van der Waals surface area contributed by atoms with Crippen LogP contribution in [0.2, 0.25) is 0 Å². The van der Waals surface area contributed by atoms with E-state index >= 15 is 0 Å². The second-order valence-corrected chi connectivity index (χ2v) is 5.91. The minimum absolute atomic E-state index is 0.0721. The van der Waals surface area contributed by atoms with Crippen LogP contribution in [0.5, 0.6) is 0 Å². The van der Waals surface area contributed by atoms with E-state index in [0.29, 0.717) is 0 Å². The van der Waals surface area contributed by atoms with Gasteiger partial charge in [0.2, 0.25) is 0 Å². The van der Waals surface area contributed by atoms with Crippen LogP contribution in [0.3, 0.4) is 0 Å². The lowest BCUT2D eigenvalue weighted by atomic mass is 9.78. The Hall–Kier alpha value is -1.52. The van der Waals surface area contributed by atoms with Crippen LogP contribution in [0.4, 0.5) is 10.5 Å². The predicted octanol–water partition coefficient (Wildman–Crippen LogP) is 2.99. The van der Waals surface area contributed by atoms with E-state index < -0.39 is 0 Å². The maximum absolute atomic E-state index is 12.0. The largest absolute Gasteiger partial charge is 0.333 e. The third-order valence-corrected chi connectivity index (χ3v) is 4.01. The van der Waals surface area contributed by atoms with Gasteiger partial charge in [-0.2, -0.15) is 5.10 Å². The number of anilines is 1. The van der Waals surface area contributed by atoms with Gasteiger partial charge in [0.05, 0.1) is 11.9 Å². The number of aryl methyl sites for hydroxylation is 1. The van der Waals surface area contributed by atoms with Crippen LogP contribution in [-0.2, 0) is 6.54 Å². The highest BCUT2D eigenvalue weighted by Crippen LogP contribution is 2.31. The number of hydrogen-bond donors (Lipinski definition) is 2. The van der Waals surface area contributed by atoms with Crippen LogP contribution in [0, 0.1) is 5.92 Å². The van der Waals surface area contributed by atoms with Gasteiger partial charge in [0, 0.05) is 18.3 Å². The molecule has 2 amide bonds. The van der Waals surface area contributed by atoms with Crippen molar-refractivity contribution in [2.75, 3.05) is 5.32 Å². The molecule has 1 aliphatic rings. The van der Waals surface area contributed by atoms with Crippen molar-refractivity contribution in [1.82, 2.24) is 15.1 Å². The molecule has 0 saturated heterocycles. The molecule has 0 aromatic carbocycles. The standard InChI is InChI=1S/C14H24N4O/c1-4-18-10-12(9-15-18)16-13(19)17-14(3)7-5-11(2)6-8-14/h9-11H,4-8H2,1-3H3,(H2,16,17,19). The van der Waals surface area contributed by atoms with Gasteiger partial charge >= 0.3 is 6.03 Å². The molecule has 1 heterocycles. The summed E-state index contributed by atoms with van der Waals surface area (Å²) >= 11 is 0. The Bertz CT molecular complexity index is 432. The first-order valence-corrected chi connectivity index (χ1v) is 7.12. The molecule has 0 radical (unpaired) electrons. The predicted molar refractivity (Wildman–Crippen MR) is 76.1 cm³/mol. The van der Waals surface area contributed by atoms with Crippen LogP contribution in [-0.4, -0.2) is 21.4 Å². The van der Waals surface area contributed by atoms with Gasteiger partial charge in [0.25, 0.3) is 0 Å². The van der Waals surface area contributed by atoms with E-state index in [1.54, 1.807) is 10.9 Å². The average molecular weight is 264 g/mol. The second-order valence-electron chi connectivity index (χ2n) is 5.91. The maximum atomic E-state index is 12.0. The number of rotatable bonds is 3. The van der Waals surface area contributed by atoms with E-state index in [1.165, 1.54) is 12.8 Å². The Kier molecular flexibility index (Phi) is 4.12. The molecular weight excluding hydrogens is 240 g/mol. The molecule has 1 saturated carbocycles. The Morgan fingerprint density at radius 2 is 2.21 bits per heavy atom. The summed E-state index contributed by atoms with van der Waals surface area (Å²) in [5, 5.41) is 10.1. The lowest BCUT2D eigenvalue weighted by Gasteiger charge is -2.36. The number of carbonyl (C=O) groups is 1. The maximum Gasteiger partial charge on any atom is 0.319 e. The summed E-state index contributed by atoms with van der Waals surface area (Å²) < 4.78 is 1.79. The molecule has 1 aromatic heterocycles. The van der Waals surface area contributed by atoms with E-state index in [4.69, 9.17) is 0 Å². The summed E-state index contributed by atoms with van der Waals surface area (Å²) in [7, 11) is 0. The molecule has 0 spiro atoms. The van der Waals surface area contributed by atoms with Crippen LogP contribution in [0.15, 0.2) is 12.4 Å². The van der Waals surface area contributed by atoms with Gasteiger partial charge in [-0.05, 0) is 45.4 Å². The first-order chi connectivity index (χ1) is 9.00. The molecule has 0 unspecified atom stereocenters. The summed E-state index contributed by atoms with van der Waals surface area (Å²) in [5.41, 5.74) is 0.671. The van der Waals surface area contributed by atoms with Crippen molar-refractivity contribution in [3.05, 3.63) is 12.4 Å². The second kappa shape index (κ2) is 5.63. The van der Waals surface area contributed by atoms with E-state index in [-0.39, 0.29) is 11.6 Å². The lowest BCUT2D eigenvalue weighted by Crippen LogP contribution is -2.49. The van der Waals surface area contributed by atoms with Crippen LogP contribution >= 0.6 is 0 Å². The van der Waals surface area contributed by atoms with Crippen LogP contribution < -0.4 is 10.6 Å². The quantitative estimate of drug-likeness (QED) is 0.881. The van der Waals surface area contributed by atoms with Crippen molar-refractivity contribution >= 4 is 11.7 Å². The topological polar surface area (TPSA) is 59.0 Å². The molecule has 1 aromatic rings. The fourth-order valence-corrected chi connectivity index (χ4v) is 2.56. The van der Waals surface area contributed by atoms with Crippen LogP contribution in [0.25, 0.3) is 0 Å². The van der Waals surface area contributed by atoms with Gasteiger partial charge in [-0.3, -0.25) is 4.68 Å². The minimum Gasteiger partial charge on any atom is -0.333 e. The fourth-order valence-electron chi connectivity index (χ4n) is 2.56. The number of hydrogen-bond acceptors (Lipinski definition) is 2. The van der Waals surface area contributed by atoms with E-state index in [1.807, 2.05) is 13.1 Å². The third kappa shape index (κ3) is 3.72. The number of carbonyl (C=O) groups excluding carboxylic acids is 1. The highest BCUT2D eigenvalue weighted by molar-refractivity contribution is 5.89. The van der Waals surface area contributed by atoms with Gasteiger partial charge in [0.1, 0.15) is 0 Å². The van der Waals surface area contributed by atoms with Gasteiger partial charge < -0.3 is 10.6 Å².